The largest absolute Gasteiger partial charge is 0.261 e. The molecule has 0 fully saturated rings. The average molecular weight is 859 g/mol. The molecule has 11 rings (SSSR count). The Morgan fingerprint density at radius 1 is 0.373 bits per heavy atom. The van der Waals surface area contributed by atoms with Crippen molar-refractivity contribution in [2.24, 2.45) is 15.0 Å². The molecule has 1 heterocycles. The number of aliphatic imine (C=N–C) groups is 3. The van der Waals surface area contributed by atoms with E-state index in [9.17, 15) is 0 Å². The van der Waals surface area contributed by atoms with Crippen molar-refractivity contribution in [2.75, 3.05) is 0 Å². The molecule has 1 aromatic heterocycles. The maximum absolute atomic E-state index is 5.20. The molecule has 0 unspecified atom stereocenters. The zero-order valence-corrected chi connectivity index (χ0v) is 36.5. The van der Waals surface area contributed by atoms with Gasteiger partial charge in [-0.3, -0.25) is 4.99 Å². The van der Waals surface area contributed by atoms with Gasteiger partial charge < -0.3 is 0 Å². The number of rotatable bonds is 9. The van der Waals surface area contributed by atoms with Crippen LogP contribution in [0.3, 0.4) is 0 Å². The molecule has 11 aromatic rings. The van der Waals surface area contributed by atoms with Gasteiger partial charge >= 0.3 is 0 Å². The van der Waals surface area contributed by atoms with E-state index in [0.29, 0.717) is 35.7 Å². The van der Waals surface area contributed by atoms with E-state index in [4.69, 9.17) is 24.9 Å². The molecule has 0 bridgehead atoms. The Hall–Kier alpha value is -9.00. The van der Waals surface area contributed by atoms with Crippen LogP contribution in [-0.4, -0.2) is 33.3 Å². The Kier molecular flexibility index (Phi) is 11.1. The lowest BCUT2D eigenvalue weighted by Gasteiger charge is -2.20. The predicted octanol–water partition coefficient (Wildman–Crippen LogP) is 14.8. The lowest BCUT2D eigenvalue weighted by molar-refractivity contribution is 1.06. The molecule has 0 saturated carbocycles. The first-order valence-electron chi connectivity index (χ1n) is 22.3. The molecule has 0 aliphatic carbocycles. The number of aromatic nitrogens is 3. The van der Waals surface area contributed by atoms with Crippen molar-refractivity contribution in [1.82, 2.24) is 15.0 Å². The summed E-state index contributed by atoms with van der Waals surface area (Å²) >= 11 is 0. The minimum Gasteiger partial charge on any atom is -0.261 e. The minimum atomic E-state index is 0.442. The van der Waals surface area contributed by atoms with Crippen LogP contribution in [0, 0.1) is 0 Å². The Balaban J connectivity index is 1.21. The summed E-state index contributed by atoms with van der Waals surface area (Å²) < 4.78 is 0. The molecule has 0 atom stereocenters. The van der Waals surface area contributed by atoms with Crippen molar-refractivity contribution in [3.63, 3.8) is 0 Å². The zero-order chi connectivity index (χ0) is 44.9. The number of nitrogens with zero attached hydrogens (tertiary/aromatic N) is 6. The van der Waals surface area contributed by atoms with Crippen molar-refractivity contribution in [2.45, 2.75) is 6.54 Å². The number of hydrogen-bond donors (Lipinski definition) is 0. The summed E-state index contributed by atoms with van der Waals surface area (Å²) in [6.45, 7) is 4.38. The van der Waals surface area contributed by atoms with E-state index in [1.807, 2.05) is 109 Å². The molecular weight excluding hydrogens is 817 g/mol. The van der Waals surface area contributed by atoms with Gasteiger partial charge in [0.1, 0.15) is 0 Å². The number of benzene rings is 10. The third kappa shape index (κ3) is 8.20. The Labute approximate surface area is 389 Å². The van der Waals surface area contributed by atoms with Crippen molar-refractivity contribution in [1.29, 1.82) is 0 Å². The molecule has 0 amide bonds. The van der Waals surface area contributed by atoms with E-state index in [-0.39, 0.29) is 0 Å². The summed E-state index contributed by atoms with van der Waals surface area (Å²) in [4.78, 5) is 30.1. The Morgan fingerprint density at radius 3 is 1.55 bits per heavy atom. The lowest BCUT2D eigenvalue weighted by Crippen LogP contribution is -2.06. The lowest BCUT2D eigenvalue weighted by atomic mass is 9.83. The molecule has 0 N–H and O–H groups in total. The average Bonchev–Trinajstić information content (AvgIpc) is 3.41. The van der Waals surface area contributed by atoms with E-state index >= 15 is 0 Å². The predicted molar refractivity (Wildman–Crippen MR) is 279 cm³/mol. The molecule has 0 aliphatic rings. The van der Waals surface area contributed by atoms with E-state index in [2.05, 4.69) is 133 Å². The number of amidine groups is 2. The quantitative estimate of drug-likeness (QED) is 0.0824. The van der Waals surface area contributed by atoms with Gasteiger partial charge in [0.2, 0.25) is 0 Å². The fourth-order valence-electron chi connectivity index (χ4n) is 8.91. The summed E-state index contributed by atoms with van der Waals surface area (Å²) in [5, 5.41) is 6.64. The molecule has 0 spiro atoms. The van der Waals surface area contributed by atoms with Crippen LogP contribution < -0.4 is 0 Å². The van der Waals surface area contributed by atoms with Gasteiger partial charge in [0.15, 0.2) is 29.1 Å². The van der Waals surface area contributed by atoms with Gasteiger partial charge in [-0.1, -0.05) is 218 Å². The van der Waals surface area contributed by atoms with Crippen LogP contribution in [0.15, 0.2) is 245 Å². The second-order valence-electron chi connectivity index (χ2n) is 16.3. The Morgan fingerprint density at radius 2 is 0.896 bits per heavy atom. The summed E-state index contributed by atoms with van der Waals surface area (Å²) in [5.74, 6) is 2.89. The van der Waals surface area contributed by atoms with Crippen molar-refractivity contribution in [3.8, 4) is 56.4 Å². The number of hydrogen-bond acceptors (Lipinski definition) is 4. The van der Waals surface area contributed by atoms with Gasteiger partial charge in [-0.05, 0) is 79.0 Å². The summed E-state index contributed by atoms with van der Waals surface area (Å²) in [6, 6.07) is 79.5. The molecule has 0 aliphatic heterocycles. The van der Waals surface area contributed by atoms with Crippen LogP contribution in [0.25, 0.3) is 88.7 Å². The molecular formula is C61H42N6. The fourth-order valence-corrected chi connectivity index (χ4v) is 8.91. The van der Waals surface area contributed by atoms with Crippen LogP contribution in [-0.2, 0) is 6.54 Å². The molecule has 0 radical (unpaired) electrons. The first-order valence-corrected chi connectivity index (χ1v) is 22.3. The molecule has 67 heavy (non-hydrogen) atoms. The second kappa shape index (κ2) is 18.2. The van der Waals surface area contributed by atoms with E-state index < -0.39 is 0 Å². The van der Waals surface area contributed by atoms with Gasteiger partial charge in [-0.2, -0.15) is 0 Å². The van der Waals surface area contributed by atoms with Gasteiger partial charge in [0.25, 0.3) is 0 Å². The monoisotopic (exact) mass is 858 g/mol. The first kappa shape index (κ1) is 40.8. The SMILES string of the molecule is C=N/C(=N\C(=N/Cc1ccccc1)c1ccc2c(-c3ccccc3)c3cc(-c4nc(-c5ccccc5)nc(-c5ccccc5)n4)ccc3c(-c3cccc4ccccc34)c2c1)c1ccccc1. The highest BCUT2D eigenvalue weighted by molar-refractivity contribution is 6.25. The maximum atomic E-state index is 5.20. The zero-order valence-electron chi connectivity index (χ0n) is 36.5. The van der Waals surface area contributed by atoms with Crippen LogP contribution in [0.4, 0.5) is 0 Å². The first-order chi connectivity index (χ1) is 33.2. The molecule has 0 saturated heterocycles. The van der Waals surface area contributed by atoms with Crippen LogP contribution >= 0.6 is 0 Å². The van der Waals surface area contributed by atoms with Gasteiger partial charge in [-0.15, -0.1) is 0 Å². The summed E-state index contributed by atoms with van der Waals surface area (Å²) in [6.07, 6.45) is 0. The second-order valence-corrected chi connectivity index (χ2v) is 16.3. The highest BCUT2D eigenvalue weighted by Crippen LogP contribution is 2.46. The summed E-state index contributed by atoms with van der Waals surface area (Å²) in [7, 11) is 0. The van der Waals surface area contributed by atoms with E-state index in [0.717, 1.165) is 88.0 Å². The van der Waals surface area contributed by atoms with Crippen molar-refractivity contribution >= 4 is 50.7 Å². The van der Waals surface area contributed by atoms with Crippen molar-refractivity contribution in [3.05, 3.63) is 247 Å². The smallest absolute Gasteiger partial charge is 0.164 e. The third-order valence-electron chi connectivity index (χ3n) is 12.1. The topological polar surface area (TPSA) is 75.8 Å². The molecule has 10 aromatic carbocycles. The van der Waals surface area contributed by atoms with Crippen molar-refractivity contribution < 1.29 is 0 Å². The standard InChI is InChI=1S/C61H42N6/c1-62-57(44-25-11-4-12-26-44)64-58(63-40-41-20-7-2-8-21-41)47-34-36-51-54(38-47)56(50-33-19-31-42-22-17-18-32-49(42)50)52-37-35-48(39-53(52)55(51)43-23-9-3-10-24-43)61-66-59(45-27-13-5-14-28-45)65-60(67-61)46-29-15-6-16-30-46/h2-39H,1,40H2/b63-58-,64-57-. The number of fused-ring (bicyclic) bond motifs is 3. The highest BCUT2D eigenvalue weighted by Gasteiger charge is 2.22. The third-order valence-corrected chi connectivity index (χ3v) is 12.1. The van der Waals surface area contributed by atoms with Gasteiger partial charge in [0.05, 0.1) is 6.54 Å². The minimum absolute atomic E-state index is 0.442. The maximum Gasteiger partial charge on any atom is 0.164 e. The Bertz CT molecular complexity index is 3580. The normalized spacial score (nSPS) is 11.9. The van der Waals surface area contributed by atoms with Gasteiger partial charge in [0, 0.05) is 27.8 Å². The van der Waals surface area contributed by atoms with E-state index in [1.54, 1.807) is 0 Å². The van der Waals surface area contributed by atoms with E-state index in [1.165, 1.54) is 0 Å². The molecule has 316 valence electrons. The highest BCUT2D eigenvalue weighted by atomic mass is 15.0. The molecule has 6 nitrogen and oxygen atoms in total. The van der Waals surface area contributed by atoms with Gasteiger partial charge in [-0.25, -0.2) is 24.9 Å². The fraction of sp³-hybridized carbons (Fsp3) is 0.0164. The summed E-state index contributed by atoms with van der Waals surface area (Å²) in [5.41, 5.74) is 9.97. The molecule has 6 heteroatoms. The van der Waals surface area contributed by atoms with Crippen LogP contribution in [0.1, 0.15) is 16.7 Å². The van der Waals surface area contributed by atoms with Crippen LogP contribution in [0.2, 0.25) is 0 Å². The van der Waals surface area contributed by atoms with Crippen LogP contribution in [0.5, 0.6) is 0 Å².